The molecule has 0 saturated heterocycles. The number of esters is 2. The maximum Gasteiger partial charge on any atom is 0.329 e. The molecule has 0 spiro atoms. The Morgan fingerprint density at radius 1 is 0.946 bits per heavy atom. The van der Waals surface area contributed by atoms with Crippen molar-refractivity contribution in [1.29, 1.82) is 0 Å². The van der Waals surface area contributed by atoms with Gasteiger partial charge in [-0.05, 0) is 72.2 Å². The second-order valence-electron chi connectivity index (χ2n) is 10.5. The molecule has 1 aromatic rings. The molecule has 0 bridgehead atoms. The van der Waals surface area contributed by atoms with Crippen LogP contribution in [0.25, 0.3) is 0 Å². The largest absolute Gasteiger partial charge is 0.460 e. The molecule has 1 unspecified atom stereocenters. The molecule has 2 amide bonds. The lowest BCUT2D eigenvalue weighted by atomic mass is 10.1. The molecule has 2 atom stereocenters. The Kier molecular flexibility index (Phi) is 13.1. The van der Waals surface area contributed by atoms with Crippen LogP contribution in [0.15, 0.2) is 24.3 Å². The van der Waals surface area contributed by atoms with Gasteiger partial charge >= 0.3 is 11.9 Å². The lowest BCUT2D eigenvalue weighted by Crippen LogP contribution is -2.44. The average molecular weight is 541 g/mol. The van der Waals surface area contributed by atoms with Crippen molar-refractivity contribution in [3.63, 3.8) is 0 Å². The number of aliphatic hydroxyl groups excluding tert-OH is 2. The Morgan fingerprint density at radius 2 is 1.54 bits per heavy atom. The number of carbonyl (C=O) groups excluding carboxylic acids is 4. The minimum atomic E-state index is -1.06. The fourth-order valence-corrected chi connectivity index (χ4v) is 3.76. The van der Waals surface area contributed by atoms with E-state index < -0.39 is 41.2 Å². The van der Waals surface area contributed by atoms with Gasteiger partial charge in [-0.25, -0.2) is 4.79 Å². The molecule has 208 valence electrons. The third-order valence-electron chi connectivity index (χ3n) is 4.48. The van der Waals surface area contributed by atoms with Gasteiger partial charge < -0.3 is 30.3 Å². The van der Waals surface area contributed by atoms with E-state index in [1.165, 1.54) is 23.9 Å². The summed E-state index contributed by atoms with van der Waals surface area (Å²) in [7, 11) is 0. The molecule has 0 heterocycles. The SMILES string of the molecule is CC(C)(C)OC(=O)CC[C@H](NC(=O)c1ccc(NC(=O)CCSCC(O)CO)cc1)C(=O)OC(C)(C)C. The summed E-state index contributed by atoms with van der Waals surface area (Å²) in [5.41, 5.74) is -0.684. The van der Waals surface area contributed by atoms with Gasteiger partial charge in [0.25, 0.3) is 5.91 Å². The number of rotatable bonds is 13. The van der Waals surface area contributed by atoms with E-state index in [2.05, 4.69) is 10.6 Å². The van der Waals surface area contributed by atoms with Gasteiger partial charge in [0.05, 0.1) is 12.7 Å². The fourth-order valence-electron chi connectivity index (χ4n) is 2.88. The van der Waals surface area contributed by atoms with Crippen LogP contribution in [0.5, 0.6) is 0 Å². The van der Waals surface area contributed by atoms with E-state index in [4.69, 9.17) is 14.6 Å². The highest BCUT2D eigenvalue weighted by Crippen LogP contribution is 2.15. The van der Waals surface area contributed by atoms with E-state index in [9.17, 15) is 24.3 Å². The van der Waals surface area contributed by atoms with E-state index in [-0.39, 0.29) is 37.3 Å². The van der Waals surface area contributed by atoms with Crippen LogP contribution in [0.2, 0.25) is 0 Å². The quantitative estimate of drug-likeness (QED) is 0.219. The normalized spacial score (nSPS) is 13.3. The molecule has 0 radical (unpaired) electrons. The van der Waals surface area contributed by atoms with E-state index in [0.717, 1.165) is 0 Å². The maximum absolute atomic E-state index is 12.8. The number of thioether (sulfide) groups is 1. The van der Waals surface area contributed by atoms with Crippen LogP contribution in [0.1, 0.15) is 71.2 Å². The van der Waals surface area contributed by atoms with Crippen LogP contribution >= 0.6 is 11.8 Å². The van der Waals surface area contributed by atoms with Gasteiger partial charge in [-0.2, -0.15) is 11.8 Å². The van der Waals surface area contributed by atoms with Gasteiger partial charge in [0, 0.05) is 35.6 Å². The minimum absolute atomic E-state index is 0.0110. The number of hydrogen-bond acceptors (Lipinski definition) is 9. The number of aliphatic hydroxyl groups is 2. The van der Waals surface area contributed by atoms with Crippen LogP contribution in [0.3, 0.4) is 0 Å². The summed E-state index contributed by atoms with van der Waals surface area (Å²) in [5.74, 6) is -1.07. The molecule has 0 fully saturated rings. The molecule has 37 heavy (non-hydrogen) atoms. The summed E-state index contributed by atoms with van der Waals surface area (Å²) in [4.78, 5) is 49.7. The standard InChI is InChI=1S/C26H40N2O8S/c1-25(2,3)35-22(32)12-11-20(24(34)36-26(4,5)6)28-23(33)17-7-9-18(10-8-17)27-21(31)13-14-37-16-19(30)15-29/h7-10,19-20,29-30H,11-16H2,1-6H3,(H,27,31)(H,28,33)/t19?,20-/m0/s1. The van der Waals surface area contributed by atoms with Crippen molar-refractivity contribution >= 4 is 41.2 Å². The van der Waals surface area contributed by atoms with Gasteiger partial charge in [0.15, 0.2) is 0 Å². The van der Waals surface area contributed by atoms with Gasteiger partial charge in [-0.3, -0.25) is 14.4 Å². The number of benzene rings is 1. The van der Waals surface area contributed by atoms with Crippen LogP contribution < -0.4 is 10.6 Å². The zero-order valence-electron chi connectivity index (χ0n) is 22.5. The van der Waals surface area contributed by atoms with Crippen molar-refractivity contribution in [1.82, 2.24) is 5.32 Å². The van der Waals surface area contributed by atoms with Crippen LogP contribution in [-0.4, -0.2) is 75.4 Å². The highest BCUT2D eigenvalue weighted by Gasteiger charge is 2.28. The molecule has 1 aromatic carbocycles. The van der Waals surface area contributed by atoms with Crippen molar-refractivity contribution in [2.75, 3.05) is 23.4 Å². The first-order chi connectivity index (χ1) is 17.1. The molecule has 4 N–H and O–H groups in total. The van der Waals surface area contributed by atoms with Gasteiger partial charge in [-0.1, -0.05) is 0 Å². The zero-order valence-corrected chi connectivity index (χ0v) is 23.3. The Labute approximate surface area is 222 Å². The molecular formula is C26H40N2O8S. The summed E-state index contributed by atoms with van der Waals surface area (Å²) in [6.07, 6.45) is -0.653. The second-order valence-corrected chi connectivity index (χ2v) is 11.6. The maximum atomic E-state index is 12.8. The highest BCUT2D eigenvalue weighted by molar-refractivity contribution is 7.99. The topological polar surface area (TPSA) is 151 Å². The molecular weight excluding hydrogens is 500 g/mol. The molecule has 0 aromatic heterocycles. The van der Waals surface area contributed by atoms with E-state index in [1.807, 2.05) is 0 Å². The molecule has 10 nitrogen and oxygen atoms in total. The number of ether oxygens (including phenoxy) is 2. The first-order valence-corrected chi connectivity index (χ1v) is 13.3. The lowest BCUT2D eigenvalue weighted by Gasteiger charge is -2.25. The first kappa shape index (κ1) is 32.4. The predicted octanol–water partition coefficient (Wildman–Crippen LogP) is 2.66. The summed E-state index contributed by atoms with van der Waals surface area (Å²) < 4.78 is 10.7. The second kappa shape index (κ2) is 14.9. The van der Waals surface area contributed by atoms with E-state index in [0.29, 0.717) is 17.2 Å². The molecule has 0 aliphatic rings. The van der Waals surface area contributed by atoms with Crippen LogP contribution in [0.4, 0.5) is 5.69 Å². The molecule has 0 aliphatic carbocycles. The number of amides is 2. The Hall–Kier alpha value is -2.63. The molecule has 0 aliphatic heterocycles. The minimum Gasteiger partial charge on any atom is -0.460 e. The predicted molar refractivity (Wildman–Crippen MR) is 142 cm³/mol. The van der Waals surface area contributed by atoms with Crippen LogP contribution in [0, 0.1) is 0 Å². The number of anilines is 1. The van der Waals surface area contributed by atoms with Gasteiger partial charge in [-0.15, -0.1) is 0 Å². The first-order valence-electron chi connectivity index (χ1n) is 12.1. The van der Waals surface area contributed by atoms with Crippen LogP contribution in [-0.2, 0) is 23.9 Å². The van der Waals surface area contributed by atoms with E-state index >= 15 is 0 Å². The average Bonchev–Trinajstić information content (AvgIpc) is 2.77. The summed E-state index contributed by atoms with van der Waals surface area (Å²) >= 11 is 1.36. The Balaban J connectivity index is 2.73. The monoisotopic (exact) mass is 540 g/mol. The highest BCUT2D eigenvalue weighted by atomic mass is 32.2. The van der Waals surface area contributed by atoms with Gasteiger partial charge in [0.1, 0.15) is 17.2 Å². The summed E-state index contributed by atoms with van der Waals surface area (Å²) in [6, 6.07) is 5.10. The number of nitrogens with one attached hydrogen (secondary N) is 2. The van der Waals surface area contributed by atoms with Crippen molar-refractivity contribution in [3.8, 4) is 0 Å². The van der Waals surface area contributed by atoms with Crippen molar-refractivity contribution < 1.29 is 38.9 Å². The molecule has 0 saturated carbocycles. The molecule has 1 rings (SSSR count). The van der Waals surface area contributed by atoms with E-state index in [1.54, 1.807) is 53.7 Å². The van der Waals surface area contributed by atoms with Crippen molar-refractivity contribution in [2.45, 2.75) is 84.2 Å². The third-order valence-corrected chi connectivity index (χ3v) is 5.59. The Morgan fingerprint density at radius 3 is 2.08 bits per heavy atom. The number of carbonyl (C=O) groups is 4. The third kappa shape index (κ3) is 14.6. The smallest absolute Gasteiger partial charge is 0.329 e. The lowest BCUT2D eigenvalue weighted by molar-refractivity contribution is -0.158. The van der Waals surface area contributed by atoms with Gasteiger partial charge in [0.2, 0.25) is 5.91 Å². The number of hydrogen-bond donors (Lipinski definition) is 4. The van der Waals surface area contributed by atoms with Crippen molar-refractivity contribution in [3.05, 3.63) is 29.8 Å². The zero-order chi connectivity index (χ0) is 28.2. The molecule has 11 heteroatoms. The summed E-state index contributed by atoms with van der Waals surface area (Å²) in [6.45, 7) is 10.0. The fraction of sp³-hybridized carbons (Fsp3) is 0.615. The van der Waals surface area contributed by atoms with Crippen molar-refractivity contribution in [2.24, 2.45) is 0 Å². The summed E-state index contributed by atoms with van der Waals surface area (Å²) in [5, 5.41) is 23.5. The Bertz CT molecular complexity index is 907.